The lowest BCUT2D eigenvalue weighted by Gasteiger charge is -2.11. The van der Waals surface area contributed by atoms with Gasteiger partial charge in [-0.3, -0.25) is 0 Å². The third kappa shape index (κ3) is 5.86. The Balaban J connectivity index is 2.86. The van der Waals surface area contributed by atoms with Gasteiger partial charge < -0.3 is 9.84 Å². The van der Waals surface area contributed by atoms with E-state index in [-0.39, 0.29) is 24.2 Å². The molecule has 0 atom stereocenters. The molecule has 1 aromatic carbocycles. The van der Waals surface area contributed by atoms with Gasteiger partial charge in [0.1, 0.15) is 6.61 Å². The van der Waals surface area contributed by atoms with Crippen molar-refractivity contribution in [1.82, 2.24) is 4.72 Å². The van der Waals surface area contributed by atoms with Crippen LogP contribution < -0.4 is 4.72 Å². The number of rotatable bonds is 6. The number of benzene rings is 1. The molecule has 5 nitrogen and oxygen atoms in total. The van der Waals surface area contributed by atoms with E-state index in [4.69, 9.17) is 9.84 Å². The second kappa shape index (κ2) is 8.15. The highest BCUT2D eigenvalue weighted by atomic mass is 32.2. The summed E-state index contributed by atoms with van der Waals surface area (Å²) in [5.41, 5.74) is 1.19. The molecule has 0 radical (unpaired) electrons. The zero-order valence-electron chi connectivity index (χ0n) is 12.5. The van der Waals surface area contributed by atoms with E-state index in [1.807, 2.05) is 13.8 Å². The third-order valence-electron chi connectivity index (χ3n) is 2.63. The fraction of sp³-hybridized carbons (Fsp3) is 0.467. The van der Waals surface area contributed by atoms with E-state index < -0.39 is 10.0 Å². The number of aliphatic hydroxyl groups is 1. The Morgan fingerprint density at radius 3 is 2.71 bits per heavy atom. The third-order valence-corrected chi connectivity index (χ3v) is 4.24. The summed E-state index contributed by atoms with van der Waals surface area (Å²) < 4.78 is 32.3. The lowest BCUT2D eigenvalue weighted by Crippen LogP contribution is -2.28. The molecule has 0 bridgehead atoms. The average Bonchev–Trinajstić information content (AvgIpc) is 2.42. The minimum Gasteiger partial charge on any atom is -0.384 e. The minimum atomic E-state index is -3.60. The van der Waals surface area contributed by atoms with Crippen molar-refractivity contribution < 1.29 is 18.3 Å². The second-order valence-corrected chi connectivity index (χ2v) is 6.49. The van der Waals surface area contributed by atoms with Gasteiger partial charge in [-0.05, 0) is 38.5 Å². The Morgan fingerprint density at radius 2 is 2.10 bits per heavy atom. The van der Waals surface area contributed by atoms with Gasteiger partial charge in [-0.25, -0.2) is 13.1 Å². The molecule has 0 heterocycles. The normalized spacial score (nSPS) is 11.3. The van der Waals surface area contributed by atoms with Crippen LogP contribution in [0.25, 0.3) is 0 Å². The average molecular weight is 311 g/mol. The van der Waals surface area contributed by atoms with E-state index in [0.29, 0.717) is 17.7 Å². The van der Waals surface area contributed by atoms with Gasteiger partial charge in [-0.2, -0.15) is 0 Å². The Kier molecular flexibility index (Phi) is 6.85. The van der Waals surface area contributed by atoms with Crippen LogP contribution in [0.5, 0.6) is 0 Å². The number of aryl methyl sites for hydroxylation is 1. The first-order valence-corrected chi connectivity index (χ1v) is 8.17. The molecule has 0 fully saturated rings. The summed E-state index contributed by atoms with van der Waals surface area (Å²) in [6, 6.07) is 4.92. The summed E-state index contributed by atoms with van der Waals surface area (Å²) in [4.78, 5) is 0.191. The first-order chi connectivity index (χ1) is 9.86. The summed E-state index contributed by atoms with van der Waals surface area (Å²) >= 11 is 0. The van der Waals surface area contributed by atoms with Crippen LogP contribution in [0.15, 0.2) is 23.1 Å². The van der Waals surface area contributed by atoms with Crippen LogP contribution in [0, 0.1) is 18.8 Å². The van der Waals surface area contributed by atoms with Crippen molar-refractivity contribution in [3.05, 3.63) is 29.3 Å². The van der Waals surface area contributed by atoms with E-state index in [1.54, 1.807) is 19.1 Å². The highest BCUT2D eigenvalue weighted by Crippen LogP contribution is 2.16. The van der Waals surface area contributed by atoms with Crippen LogP contribution in [0.1, 0.15) is 25.0 Å². The Morgan fingerprint density at radius 1 is 1.38 bits per heavy atom. The van der Waals surface area contributed by atoms with E-state index in [1.165, 1.54) is 6.07 Å². The molecule has 6 heteroatoms. The second-order valence-electron chi connectivity index (χ2n) is 4.76. The molecule has 0 amide bonds. The maximum Gasteiger partial charge on any atom is 0.240 e. The highest BCUT2D eigenvalue weighted by Gasteiger charge is 2.16. The van der Waals surface area contributed by atoms with Gasteiger partial charge in [0.15, 0.2) is 0 Å². The van der Waals surface area contributed by atoms with E-state index >= 15 is 0 Å². The molecular formula is C15H21NO4S. The Hall–Kier alpha value is -1.39. The zero-order valence-corrected chi connectivity index (χ0v) is 13.3. The van der Waals surface area contributed by atoms with Gasteiger partial charge in [-0.15, -0.1) is 0 Å². The van der Waals surface area contributed by atoms with Gasteiger partial charge in [0, 0.05) is 12.1 Å². The quantitative estimate of drug-likeness (QED) is 0.608. The standard InChI is InChI=1S/C15H21NO4S/c1-12(2)20-10-8-16-21(18,19)15-11-14(5-4-9-17)7-6-13(15)3/h6-7,11-12,16-17H,8-10H2,1-3H3. The molecule has 0 aromatic heterocycles. The minimum absolute atomic E-state index is 0.0633. The summed E-state index contributed by atoms with van der Waals surface area (Å²) in [7, 11) is -3.60. The highest BCUT2D eigenvalue weighted by molar-refractivity contribution is 7.89. The molecule has 116 valence electrons. The number of ether oxygens (including phenoxy) is 1. The molecule has 0 saturated heterocycles. The molecule has 0 unspecified atom stereocenters. The van der Waals surface area contributed by atoms with E-state index in [0.717, 1.165) is 0 Å². The Bertz CT molecular complexity index is 627. The molecule has 0 saturated carbocycles. The first kappa shape index (κ1) is 17.7. The molecule has 21 heavy (non-hydrogen) atoms. The Labute approximate surface area is 126 Å². The van der Waals surface area contributed by atoms with Crippen molar-refractivity contribution in [2.75, 3.05) is 19.8 Å². The van der Waals surface area contributed by atoms with E-state index in [9.17, 15) is 8.42 Å². The largest absolute Gasteiger partial charge is 0.384 e. The fourth-order valence-corrected chi connectivity index (χ4v) is 2.94. The van der Waals surface area contributed by atoms with Crippen LogP contribution in [0.3, 0.4) is 0 Å². The van der Waals surface area contributed by atoms with Gasteiger partial charge in [0.25, 0.3) is 0 Å². The molecular weight excluding hydrogens is 290 g/mol. The monoisotopic (exact) mass is 311 g/mol. The summed E-state index contributed by atoms with van der Waals surface area (Å²) in [5.74, 6) is 5.20. The number of hydrogen-bond donors (Lipinski definition) is 2. The topological polar surface area (TPSA) is 75.6 Å². The van der Waals surface area contributed by atoms with Gasteiger partial charge >= 0.3 is 0 Å². The van der Waals surface area contributed by atoms with Crippen LogP contribution in [0.2, 0.25) is 0 Å². The lowest BCUT2D eigenvalue weighted by molar-refractivity contribution is 0.0834. The van der Waals surface area contributed by atoms with Gasteiger partial charge in [0.2, 0.25) is 10.0 Å². The summed E-state index contributed by atoms with van der Waals surface area (Å²) in [6.45, 7) is 5.78. The summed E-state index contributed by atoms with van der Waals surface area (Å²) in [5, 5.41) is 8.68. The van der Waals surface area contributed by atoms with Gasteiger partial charge in [-0.1, -0.05) is 17.9 Å². The van der Waals surface area contributed by atoms with Crippen LogP contribution >= 0.6 is 0 Å². The predicted octanol–water partition coefficient (Wildman–Crippen LogP) is 1.04. The van der Waals surface area contributed by atoms with Crippen molar-refractivity contribution in [3.63, 3.8) is 0 Å². The van der Waals surface area contributed by atoms with Crippen molar-refractivity contribution in [2.24, 2.45) is 0 Å². The molecule has 0 aliphatic rings. The van der Waals surface area contributed by atoms with E-state index in [2.05, 4.69) is 16.6 Å². The first-order valence-electron chi connectivity index (χ1n) is 6.68. The predicted molar refractivity (Wildman–Crippen MR) is 81.4 cm³/mol. The van der Waals surface area contributed by atoms with Crippen molar-refractivity contribution in [3.8, 4) is 11.8 Å². The number of aliphatic hydroxyl groups excluding tert-OH is 1. The van der Waals surface area contributed by atoms with Crippen molar-refractivity contribution in [1.29, 1.82) is 0 Å². The van der Waals surface area contributed by atoms with Crippen molar-refractivity contribution >= 4 is 10.0 Å². The lowest BCUT2D eigenvalue weighted by atomic mass is 10.1. The number of sulfonamides is 1. The van der Waals surface area contributed by atoms with Crippen LogP contribution in [0.4, 0.5) is 0 Å². The van der Waals surface area contributed by atoms with Crippen LogP contribution in [-0.2, 0) is 14.8 Å². The molecule has 1 rings (SSSR count). The zero-order chi connectivity index (χ0) is 15.9. The smallest absolute Gasteiger partial charge is 0.240 e. The van der Waals surface area contributed by atoms with Crippen molar-refractivity contribution in [2.45, 2.75) is 31.8 Å². The molecule has 0 aliphatic carbocycles. The molecule has 1 aromatic rings. The summed E-state index contributed by atoms with van der Waals surface area (Å²) in [6.07, 6.45) is 0.0633. The molecule has 0 spiro atoms. The number of nitrogens with one attached hydrogen (secondary N) is 1. The number of hydrogen-bond acceptors (Lipinski definition) is 4. The maximum absolute atomic E-state index is 12.3. The fourth-order valence-electron chi connectivity index (χ4n) is 1.66. The molecule has 0 aliphatic heterocycles. The maximum atomic E-state index is 12.3. The van der Waals surface area contributed by atoms with Crippen LogP contribution in [-0.4, -0.2) is 39.4 Å². The molecule has 2 N–H and O–H groups in total. The van der Waals surface area contributed by atoms with Gasteiger partial charge in [0.05, 0.1) is 17.6 Å². The SMILES string of the molecule is Cc1ccc(C#CCO)cc1S(=O)(=O)NCCOC(C)C.